The van der Waals surface area contributed by atoms with Crippen molar-refractivity contribution >= 4 is 6.41 Å². The predicted molar refractivity (Wildman–Crippen MR) is 58.1 cm³/mol. The van der Waals surface area contributed by atoms with Crippen molar-refractivity contribution in [3.05, 3.63) is 0 Å². The summed E-state index contributed by atoms with van der Waals surface area (Å²) in [5, 5.41) is 3.49. The quantitative estimate of drug-likeness (QED) is 0.692. The molecule has 0 aromatic heterocycles. The number of carbonyl (C=O) groups is 1. The number of nitrogens with one attached hydrogen (secondary N) is 1. The Bertz CT molecular complexity index is 186. The van der Waals surface area contributed by atoms with Crippen LogP contribution in [0.25, 0.3) is 0 Å². The molecule has 1 aliphatic heterocycles. The smallest absolute Gasteiger partial charge is 0.209 e. The van der Waals surface area contributed by atoms with Crippen molar-refractivity contribution in [3.8, 4) is 0 Å². The fraction of sp³-hybridized carbons (Fsp3) is 0.909. The largest absolute Gasteiger partial charge is 0.345 e. The fourth-order valence-electron chi connectivity index (χ4n) is 1.81. The zero-order valence-electron chi connectivity index (χ0n) is 9.55. The lowest BCUT2D eigenvalue weighted by atomic mass is 9.97. The molecule has 1 N–H and O–H groups in total. The molecule has 0 aromatic rings. The van der Waals surface area contributed by atoms with Gasteiger partial charge in [-0.05, 0) is 39.5 Å². The van der Waals surface area contributed by atoms with Gasteiger partial charge in [0.2, 0.25) is 6.41 Å². The molecular formula is C11H22N2O. The number of rotatable bonds is 3. The number of hydrogen-bond donors (Lipinski definition) is 1. The fourth-order valence-corrected chi connectivity index (χ4v) is 1.81. The molecule has 0 bridgehead atoms. The molecule has 1 fully saturated rings. The highest BCUT2D eigenvalue weighted by Crippen LogP contribution is 2.15. The first kappa shape index (κ1) is 11.5. The van der Waals surface area contributed by atoms with E-state index in [1.807, 2.05) is 4.90 Å². The van der Waals surface area contributed by atoms with E-state index in [9.17, 15) is 4.79 Å². The van der Waals surface area contributed by atoms with Gasteiger partial charge >= 0.3 is 0 Å². The summed E-state index contributed by atoms with van der Waals surface area (Å²) in [6.07, 6.45) is 3.37. The molecule has 0 aromatic carbocycles. The maximum atomic E-state index is 10.6. The van der Waals surface area contributed by atoms with Gasteiger partial charge in [0.15, 0.2) is 0 Å². The van der Waals surface area contributed by atoms with Crippen LogP contribution < -0.4 is 5.32 Å². The van der Waals surface area contributed by atoms with Crippen molar-refractivity contribution in [2.24, 2.45) is 5.92 Å². The Morgan fingerprint density at radius 3 is 2.79 bits per heavy atom. The third kappa shape index (κ3) is 4.09. The Morgan fingerprint density at radius 1 is 1.50 bits per heavy atom. The van der Waals surface area contributed by atoms with Crippen molar-refractivity contribution in [2.45, 2.75) is 39.2 Å². The molecule has 82 valence electrons. The van der Waals surface area contributed by atoms with Crippen LogP contribution in [-0.2, 0) is 4.79 Å². The highest BCUT2D eigenvalue weighted by molar-refractivity contribution is 5.47. The summed E-state index contributed by atoms with van der Waals surface area (Å²) in [5.74, 6) is 0.633. The van der Waals surface area contributed by atoms with Gasteiger partial charge in [-0.25, -0.2) is 0 Å². The van der Waals surface area contributed by atoms with Gasteiger partial charge in [0.25, 0.3) is 0 Å². The van der Waals surface area contributed by atoms with Crippen LogP contribution in [0.5, 0.6) is 0 Å². The summed E-state index contributed by atoms with van der Waals surface area (Å²) in [7, 11) is 0. The topological polar surface area (TPSA) is 32.3 Å². The first-order valence-corrected chi connectivity index (χ1v) is 5.45. The normalized spacial score (nSPS) is 23.6. The molecule has 1 saturated heterocycles. The average molecular weight is 198 g/mol. The van der Waals surface area contributed by atoms with Gasteiger partial charge in [-0.15, -0.1) is 0 Å². The maximum Gasteiger partial charge on any atom is 0.209 e. The SMILES string of the molecule is CC(C)(C)NC[C@@H]1CCCN(C=O)C1. The van der Waals surface area contributed by atoms with E-state index in [1.165, 1.54) is 6.42 Å². The van der Waals surface area contributed by atoms with Crippen LogP contribution in [0.2, 0.25) is 0 Å². The molecule has 0 radical (unpaired) electrons. The summed E-state index contributed by atoms with van der Waals surface area (Å²) < 4.78 is 0. The third-order valence-electron chi connectivity index (χ3n) is 2.62. The van der Waals surface area contributed by atoms with Gasteiger partial charge in [-0.3, -0.25) is 4.79 Å². The lowest BCUT2D eigenvalue weighted by Gasteiger charge is -2.32. The van der Waals surface area contributed by atoms with E-state index in [0.29, 0.717) is 5.92 Å². The first-order chi connectivity index (χ1) is 6.51. The Kier molecular flexibility index (Phi) is 3.93. The molecule has 3 heteroatoms. The number of carbonyl (C=O) groups excluding carboxylic acids is 1. The minimum atomic E-state index is 0.184. The van der Waals surface area contributed by atoms with Gasteiger partial charge in [0.1, 0.15) is 0 Å². The Hall–Kier alpha value is -0.570. The lowest BCUT2D eigenvalue weighted by molar-refractivity contribution is -0.119. The molecule has 0 aliphatic carbocycles. The molecule has 0 saturated carbocycles. The van der Waals surface area contributed by atoms with Crippen LogP contribution in [0.4, 0.5) is 0 Å². The van der Waals surface area contributed by atoms with Gasteiger partial charge < -0.3 is 10.2 Å². The highest BCUT2D eigenvalue weighted by atomic mass is 16.1. The number of hydrogen-bond acceptors (Lipinski definition) is 2. The van der Waals surface area contributed by atoms with Gasteiger partial charge in [0.05, 0.1) is 0 Å². The number of piperidine rings is 1. The second-order valence-corrected chi connectivity index (χ2v) is 5.24. The van der Waals surface area contributed by atoms with Crippen molar-refractivity contribution in [3.63, 3.8) is 0 Å². The van der Waals surface area contributed by atoms with Crippen molar-refractivity contribution in [1.82, 2.24) is 10.2 Å². The van der Waals surface area contributed by atoms with E-state index in [1.54, 1.807) is 0 Å². The highest BCUT2D eigenvalue weighted by Gasteiger charge is 2.20. The zero-order chi connectivity index (χ0) is 10.6. The zero-order valence-corrected chi connectivity index (χ0v) is 9.55. The second kappa shape index (κ2) is 4.78. The molecule has 1 atom stereocenters. The van der Waals surface area contributed by atoms with Crippen LogP contribution >= 0.6 is 0 Å². The van der Waals surface area contributed by atoms with E-state index < -0.39 is 0 Å². The molecule has 1 rings (SSSR count). The summed E-state index contributed by atoms with van der Waals surface area (Å²) in [6.45, 7) is 9.41. The van der Waals surface area contributed by atoms with Crippen molar-refractivity contribution in [1.29, 1.82) is 0 Å². The number of nitrogens with zero attached hydrogens (tertiary/aromatic N) is 1. The van der Waals surface area contributed by atoms with E-state index in [4.69, 9.17) is 0 Å². The third-order valence-corrected chi connectivity index (χ3v) is 2.62. The molecule has 0 spiro atoms. The van der Waals surface area contributed by atoms with E-state index in [-0.39, 0.29) is 5.54 Å². The molecule has 1 amide bonds. The van der Waals surface area contributed by atoms with E-state index in [2.05, 4.69) is 26.1 Å². The Morgan fingerprint density at radius 2 is 2.21 bits per heavy atom. The van der Waals surface area contributed by atoms with Gasteiger partial charge in [-0.2, -0.15) is 0 Å². The van der Waals surface area contributed by atoms with E-state index in [0.717, 1.165) is 32.5 Å². The molecule has 3 nitrogen and oxygen atoms in total. The predicted octanol–water partition coefficient (Wildman–Crippen LogP) is 1.24. The lowest BCUT2D eigenvalue weighted by Crippen LogP contribution is -2.44. The second-order valence-electron chi connectivity index (χ2n) is 5.24. The first-order valence-electron chi connectivity index (χ1n) is 5.45. The van der Waals surface area contributed by atoms with Crippen LogP contribution in [0.15, 0.2) is 0 Å². The van der Waals surface area contributed by atoms with Crippen molar-refractivity contribution < 1.29 is 4.79 Å². The van der Waals surface area contributed by atoms with Crippen LogP contribution in [-0.4, -0.2) is 36.5 Å². The van der Waals surface area contributed by atoms with Gasteiger partial charge in [0, 0.05) is 25.2 Å². The molecule has 14 heavy (non-hydrogen) atoms. The molecule has 0 unspecified atom stereocenters. The Labute approximate surface area is 86.9 Å². The molecule has 1 heterocycles. The standard InChI is InChI=1S/C11H22N2O/c1-11(2,3)12-7-10-5-4-6-13(8-10)9-14/h9-10,12H,4-8H2,1-3H3/t10-/m0/s1. The summed E-state index contributed by atoms with van der Waals surface area (Å²) >= 11 is 0. The van der Waals surface area contributed by atoms with Crippen LogP contribution in [0.3, 0.4) is 0 Å². The average Bonchev–Trinajstić information content (AvgIpc) is 2.14. The summed E-state index contributed by atoms with van der Waals surface area (Å²) in [6, 6.07) is 0. The minimum absolute atomic E-state index is 0.184. The summed E-state index contributed by atoms with van der Waals surface area (Å²) in [5.41, 5.74) is 0.184. The van der Waals surface area contributed by atoms with Crippen LogP contribution in [0, 0.1) is 5.92 Å². The monoisotopic (exact) mass is 198 g/mol. The number of likely N-dealkylation sites (tertiary alicyclic amines) is 1. The van der Waals surface area contributed by atoms with Gasteiger partial charge in [-0.1, -0.05) is 0 Å². The Balaban J connectivity index is 2.27. The summed E-state index contributed by atoms with van der Waals surface area (Å²) in [4.78, 5) is 12.5. The van der Waals surface area contributed by atoms with Crippen molar-refractivity contribution in [2.75, 3.05) is 19.6 Å². The molecular weight excluding hydrogens is 176 g/mol. The van der Waals surface area contributed by atoms with Crippen LogP contribution in [0.1, 0.15) is 33.6 Å². The molecule has 1 aliphatic rings. The van der Waals surface area contributed by atoms with E-state index >= 15 is 0 Å². The number of amides is 1. The maximum absolute atomic E-state index is 10.6. The minimum Gasteiger partial charge on any atom is -0.345 e.